The summed E-state index contributed by atoms with van der Waals surface area (Å²) in [7, 11) is 1.59. The number of nitrogens with zero attached hydrogens (tertiary/aromatic N) is 1. The molecule has 1 aromatic heterocycles. The molecule has 3 aromatic rings. The van der Waals surface area contributed by atoms with E-state index in [0.29, 0.717) is 49.6 Å². The van der Waals surface area contributed by atoms with Gasteiger partial charge in [0.05, 0.1) is 31.1 Å². The second kappa shape index (κ2) is 10.3. The maximum Gasteiger partial charge on any atom is 0.251 e. The van der Waals surface area contributed by atoms with Crippen LogP contribution in [0.4, 0.5) is 0 Å². The molecule has 0 aliphatic heterocycles. The molecule has 0 atom stereocenters. The monoisotopic (exact) mass is 410 g/mol. The third-order valence-corrected chi connectivity index (χ3v) is 4.58. The van der Waals surface area contributed by atoms with Crippen LogP contribution in [0.3, 0.4) is 0 Å². The van der Waals surface area contributed by atoms with E-state index in [4.69, 9.17) is 9.47 Å². The van der Waals surface area contributed by atoms with Crippen LogP contribution in [0.2, 0.25) is 0 Å². The van der Waals surface area contributed by atoms with Gasteiger partial charge < -0.3 is 25.1 Å². The molecule has 0 aliphatic rings. The number of ether oxygens (including phenoxy) is 2. The lowest BCUT2D eigenvalue weighted by atomic mass is 10.1. The van der Waals surface area contributed by atoms with Crippen LogP contribution in [0.1, 0.15) is 29.3 Å². The number of hydrogen-bond acceptors (Lipinski definition) is 5. The molecule has 2 amide bonds. The number of H-pyrrole nitrogens is 1. The molecule has 0 saturated carbocycles. The molecule has 30 heavy (non-hydrogen) atoms. The fourth-order valence-corrected chi connectivity index (χ4v) is 3.05. The fourth-order valence-electron chi connectivity index (χ4n) is 3.05. The van der Waals surface area contributed by atoms with Crippen LogP contribution in [-0.2, 0) is 11.2 Å². The lowest BCUT2D eigenvalue weighted by Crippen LogP contribution is -2.34. The number of carbonyl (C=O) groups excluding carboxylic acids is 2. The van der Waals surface area contributed by atoms with E-state index in [0.717, 1.165) is 16.6 Å². The van der Waals surface area contributed by atoms with Crippen molar-refractivity contribution < 1.29 is 19.1 Å². The Morgan fingerprint density at radius 3 is 2.70 bits per heavy atom. The summed E-state index contributed by atoms with van der Waals surface area (Å²) < 4.78 is 10.8. The van der Waals surface area contributed by atoms with Crippen LogP contribution >= 0.6 is 0 Å². The normalized spacial score (nSPS) is 10.6. The minimum Gasteiger partial charge on any atom is -0.493 e. The third kappa shape index (κ3) is 5.50. The van der Waals surface area contributed by atoms with Gasteiger partial charge in [-0.25, -0.2) is 4.98 Å². The Kier molecular flexibility index (Phi) is 7.26. The highest BCUT2D eigenvalue weighted by atomic mass is 16.5. The average molecular weight is 410 g/mol. The number of aromatic amines is 1. The zero-order valence-corrected chi connectivity index (χ0v) is 17.2. The predicted molar refractivity (Wildman–Crippen MR) is 114 cm³/mol. The van der Waals surface area contributed by atoms with Gasteiger partial charge in [0.15, 0.2) is 11.5 Å². The summed E-state index contributed by atoms with van der Waals surface area (Å²) in [6, 6.07) is 10.9. The van der Waals surface area contributed by atoms with E-state index in [1.165, 1.54) is 0 Å². The van der Waals surface area contributed by atoms with Gasteiger partial charge in [-0.15, -0.1) is 0 Å². The number of methoxy groups -OCH3 is 1. The first-order valence-corrected chi connectivity index (χ1v) is 9.88. The Morgan fingerprint density at radius 1 is 1.07 bits per heavy atom. The number of rotatable bonds is 10. The zero-order valence-electron chi connectivity index (χ0n) is 17.2. The van der Waals surface area contributed by atoms with Crippen molar-refractivity contribution in [1.82, 2.24) is 20.6 Å². The number of fused-ring (bicyclic) bond motifs is 1. The van der Waals surface area contributed by atoms with Crippen molar-refractivity contribution in [2.75, 3.05) is 26.8 Å². The van der Waals surface area contributed by atoms with E-state index < -0.39 is 0 Å². The van der Waals surface area contributed by atoms with E-state index in [2.05, 4.69) is 20.6 Å². The molecule has 158 valence electrons. The van der Waals surface area contributed by atoms with E-state index in [1.807, 2.05) is 25.1 Å². The molecule has 0 saturated heterocycles. The van der Waals surface area contributed by atoms with Crippen molar-refractivity contribution in [2.24, 2.45) is 0 Å². The number of benzene rings is 2. The lowest BCUT2D eigenvalue weighted by molar-refractivity contribution is -0.121. The molecule has 8 nitrogen and oxygen atoms in total. The maximum absolute atomic E-state index is 12.2. The van der Waals surface area contributed by atoms with Gasteiger partial charge in [0, 0.05) is 25.1 Å². The number of nitrogens with one attached hydrogen (secondary N) is 3. The summed E-state index contributed by atoms with van der Waals surface area (Å²) in [5.41, 5.74) is 3.15. The molecule has 3 rings (SSSR count). The van der Waals surface area contributed by atoms with Gasteiger partial charge in [-0.05, 0) is 49.2 Å². The minimum absolute atomic E-state index is 0.0732. The van der Waals surface area contributed by atoms with E-state index in [-0.39, 0.29) is 11.8 Å². The highest BCUT2D eigenvalue weighted by Gasteiger charge is 2.09. The van der Waals surface area contributed by atoms with Crippen molar-refractivity contribution in [3.8, 4) is 11.5 Å². The molecule has 0 aliphatic carbocycles. The molecular formula is C22H26N4O4. The first-order valence-electron chi connectivity index (χ1n) is 9.88. The highest BCUT2D eigenvalue weighted by molar-refractivity contribution is 5.97. The van der Waals surface area contributed by atoms with Gasteiger partial charge >= 0.3 is 0 Å². The van der Waals surface area contributed by atoms with Gasteiger partial charge in [0.25, 0.3) is 5.91 Å². The average Bonchev–Trinajstić information content (AvgIpc) is 3.24. The second-order valence-electron chi connectivity index (χ2n) is 6.66. The molecule has 0 unspecified atom stereocenters. The van der Waals surface area contributed by atoms with E-state index >= 15 is 0 Å². The number of aromatic nitrogens is 2. The van der Waals surface area contributed by atoms with E-state index in [1.54, 1.807) is 31.6 Å². The fraction of sp³-hybridized carbons (Fsp3) is 0.318. The standard InChI is InChI=1S/C22H26N4O4/c1-3-30-19-8-4-15(12-20(19)29-2)5-9-21(27)23-10-11-24-22(28)16-6-7-17-18(13-16)26-14-25-17/h4,6-8,12-14H,3,5,9-11H2,1-2H3,(H,23,27)(H,24,28)(H,25,26). The van der Waals surface area contributed by atoms with Gasteiger partial charge in [0.2, 0.25) is 5.91 Å². The van der Waals surface area contributed by atoms with Gasteiger partial charge in [-0.3, -0.25) is 9.59 Å². The van der Waals surface area contributed by atoms with Crippen LogP contribution in [0.25, 0.3) is 11.0 Å². The van der Waals surface area contributed by atoms with E-state index in [9.17, 15) is 9.59 Å². The number of imidazole rings is 1. The SMILES string of the molecule is CCOc1ccc(CCC(=O)NCCNC(=O)c2ccc3nc[nH]c3c2)cc1OC. The molecule has 1 heterocycles. The summed E-state index contributed by atoms with van der Waals surface area (Å²) in [6.45, 7) is 3.19. The predicted octanol–water partition coefficient (Wildman–Crippen LogP) is 2.45. The smallest absolute Gasteiger partial charge is 0.251 e. The van der Waals surface area contributed by atoms with Crippen LogP contribution in [-0.4, -0.2) is 48.6 Å². The summed E-state index contributed by atoms with van der Waals surface area (Å²) in [4.78, 5) is 31.4. The molecule has 3 N–H and O–H groups in total. The first kappa shape index (κ1) is 21.2. The number of aryl methyl sites for hydroxylation is 1. The maximum atomic E-state index is 12.2. The molecule has 0 radical (unpaired) electrons. The molecule has 8 heteroatoms. The lowest BCUT2D eigenvalue weighted by Gasteiger charge is -2.11. The molecule has 0 fully saturated rings. The Morgan fingerprint density at radius 2 is 1.90 bits per heavy atom. The van der Waals surface area contributed by atoms with Crippen molar-refractivity contribution in [2.45, 2.75) is 19.8 Å². The summed E-state index contributed by atoms with van der Waals surface area (Å²) in [5.74, 6) is 1.08. The first-order chi connectivity index (χ1) is 14.6. The Balaban J connectivity index is 1.39. The summed E-state index contributed by atoms with van der Waals surface area (Å²) >= 11 is 0. The quantitative estimate of drug-likeness (QED) is 0.445. The van der Waals surface area contributed by atoms with Crippen molar-refractivity contribution in [3.63, 3.8) is 0 Å². The van der Waals surface area contributed by atoms with Crippen LogP contribution in [0.15, 0.2) is 42.7 Å². The molecule has 2 aromatic carbocycles. The van der Waals surface area contributed by atoms with Gasteiger partial charge in [0.1, 0.15) is 0 Å². The minimum atomic E-state index is -0.192. The van der Waals surface area contributed by atoms with Crippen LogP contribution in [0.5, 0.6) is 11.5 Å². The van der Waals surface area contributed by atoms with Crippen molar-refractivity contribution >= 4 is 22.8 Å². The highest BCUT2D eigenvalue weighted by Crippen LogP contribution is 2.28. The van der Waals surface area contributed by atoms with Gasteiger partial charge in [-0.1, -0.05) is 6.07 Å². The van der Waals surface area contributed by atoms with Crippen LogP contribution in [0, 0.1) is 0 Å². The topological polar surface area (TPSA) is 105 Å². The number of hydrogen-bond donors (Lipinski definition) is 3. The Hall–Kier alpha value is -3.55. The van der Waals surface area contributed by atoms with Crippen LogP contribution < -0.4 is 20.1 Å². The Labute approximate surface area is 175 Å². The zero-order chi connectivity index (χ0) is 21.3. The second-order valence-corrected chi connectivity index (χ2v) is 6.66. The number of amides is 2. The molecule has 0 bridgehead atoms. The summed E-state index contributed by atoms with van der Waals surface area (Å²) in [6.07, 6.45) is 2.53. The van der Waals surface area contributed by atoms with Crippen molar-refractivity contribution in [1.29, 1.82) is 0 Å². The van der Waals surface area contributed by atoms with Crippen molar-refractivity contribution in [3.05, 3.63) is 53.9 Å². The largest absolute Gasteiger partial charge is 0.493 e. The Bertz CT molecular complexity index is 1020. The summed E-state index contributed by atoms with van der Waals surface area (Å²) in [5, 5.41) is 5.62. The molecule has 0 spiro atoms. The van der Waals surface area contributed by atoms with Gasteiger partial charge in [-0.2, -0.15) is 0 Å². The molecular weight excluding hydrogens is 384 g/mol. The number of carbonyl (C=O) groups is 2. The third-order valence-electron chi connectivity index (χ3n) is 4.58.